The van der Waals surface area contributed by atoms with Gasteiger partial charge in [0.1, 0.15) is 23.9 Å². The summed E-state index contributed by atoms with van der Waals surface area (Å²) in [6.45, 7) is -0.238. The minimum absolute atomic E-state index is 0.238. The first-order valence-corrected chi connectivity index (χ1v) is 9.40. The van der Waals surface area contributed by atoms with Gasteiger partial charge in [0.05, 0.1) is 6.61 Å². The molecule has 0 saturated carbocycles. The van der Waals surface area contributed by atoms with E-state index in [1.807, 2.05) is 96.9 Å². The van der Waals surface area contributed by atoms with E-state index in [1.54, 1.807) is 0 Å². The molecule has 0 aliphatic heterocycles. The summed E-state index contributed by atoms with van der Waals surface area (Å²) in [5.74, 6) is 2.03. The van der Waals surface area contributed by atoms with Crippen LogP contribution in [0.4, 0.5) is 0 Å². The van der Waals surface area contributed by atoms with Crippen molar-refractivity contribution in [1.82, 2.24) is 0 Å². The molecule has 0 aliphatic rings. The maximum atomic E-state index is 10.4. The molecule has 4 heteroatoms. The molecule has 4 nitrogen and oxygen atoms in total. The van der Waals surface area contributed by atoms with Gasteiger partial charge in [-0.15, -0.1) is 6.42 Å². The van der Waals surface area contributed by atoms with Crippen LogP contribution in [0.1, 0.15) is 16.7 Å². The number of benzene rings is 3. The third-order valence-corrected chi connectivity index (χ3v) is 4.90. The van der Waals surface area contributed by atoms with Crippen molar-refractivity contribution in [2.75, 3.05) is 6.61 Å². The Balaban J connectivity index is 2.09. The first kappa shape index (κ1) is 20.8. The highest BCUT2D eigenvalue weighted by Crippen LogP contribution is 2.40. The smallest absolute Gasteiger partial charge is 0.143 e. The Kier molecular flexibility index (Phi) is 6.82. The van der Waals surface area contributed by atoms with E-state index in [9.17, 15) is 15.3 Å². The molecule has 0 spiro atoms. The minimum atomic E-state index is -1.51. The van der Waals surface area contributed by atoms with Crippen molar-refractivity contribution in [2.45, 2.75) is 23.9 Å². The van der Waals surface area contributed by atoms with Crippen LogP contribution in [0, 0.1) is 12.3 Å². The summed E-state index contributed by atoms with van der Waals surface area (Å²) in [7, 11) is 0. The highest BCUT2D eigenvalue weighted by molar-refractivity contribution is 5.47. The summed E-state index contributed by atoms with van der Waals surface area (Å²) < 4.78 is 6.38. The third-order valence-electron chi connectivity index (χ3n) is 4.90. The van der Waals surface area contributed by atoms with Crippen molar-refractivity contribution in [2.24, 2.45) is 0 Å². The minimum Gasteiger partial charge on any atom is -0.388 e. The molecule has 0 amide bonds. The lowest BCUT2D eigenvalue weighted by molar-refractivity contribution is -0.0996. The van der Waals surface area contributed by atoms with Crippen LogP contribution >= 0.6 is 0 Å². The highest BCUT2D eigenvalue weighted by atomic mass is 16.5. The van der Waals surface area contributed by atoms with E-state index in [-0.39, 0.29) is 6.61 Å². The van der Waals surface area contributed by atoms with Crippen molar-refractivity contribution in [3.8, 4) is 12.3 Å². The number of aliphatic hydroxyl groups is 3. The molecule has 0 aliphatic carbocycles. The Bertz CT molecular complexity index is 823. The van der Waals surface area contributed by atoms with Crippen molar-refractivity contribution in [3.63, 3.8) is 0 Å². The second kappa shape index (κ2) is 9.51. The Morgan fingerprint density at radius 2 is 1.10 bits per heavy atom. The Morgan fingerprint density at radius 1 is 0.724 bits per heavy atom. The van der Waals surface area contributed by atoms with E-state index in [2.05, 4.69) is 0 Å². The zero-order valence-electron chi connectivity index (χ0n) is 15.9. The molecular weight excluding hydrogens is 364 g/mol. The fourth-order valence-electron chi connectivity index (χ4n) is 3.39. The first-order valence-electron chi connectivity index (χ1n) is 9.40. The topological polar surface area (TPSA) is 69.9 Å². The van der Waals surface area contributed by atoms with Crippen LogP contribution < -0.4 is 0 Å². The Morgan fingerprint density at radius 3 is 1.45 bits per heavy atom. The van der Waals surface area contributed by atoms with Gasteiger partial charge in [-0.3, -0.25) is 0 Å². The van der Waals surface area contributed by atoms with E-state index < -0.39 is 23.9 Å². The molecule has 29 heavy (non-hydrogen) atoms. The van der Waals surface area contributed by atoms with Crippen molar-refractivity contribution < 1.29 is 20.1 Å². The van der Waals surface area contributed by atoms with Gasteiger partial charge in [-0.25, -0.2) is 0 Å². The van der Waals surface area contributed by atoms with Gasteiger partial charge in [-0.2, -0.15) is 0 Å². The summed E-state index contributed by atoms with van der Waals surface area (Å²) in [5, 5.41) is 30.1. The molecule has 0 aromatic heterocycles. The van der Waals surface area contributed by atoms with Crippen LogP contribution in [0.15, 0.2) is 91.0 Å². The first-order chi connectivity index (χ1) is 14.1. The van der Waals surface area contributed by atoms with Gasteiger partial charge in [0.25, 0.3) is 0 Å². The Hall–Kier alpha value is -2.94. The number of ether oxygens (including phenoxy) is 1. The molecular formula is C25H24O4. The standard InChI is InChI=1S/C25H24O4/c1-2-22(26)24(28)23(27)18-29-25(19-12-6-3-7-13-19,20-14-8-4-9-15-20)21-16-10-5-11-17-21/h1,3-17,22-24,26-28H,18H2/t22-,23+,24-/m0/s1. The van der Waals surface area contributed by atoms with Gasteiger partial charge >= 0.3 is 0 Å². The zero-order chi connectivity index (χ0) is 20.7. The zero-order valence-corrected chi connectivity index (χ0v) is 15.9. The van der Waals surface area contributed by atoms with E-state index in [4.69, 9.17) is 11.2 Å². The number of terminal acetylenes is 1. The van der Waals surface area contributed by atoms with Crippen LogP contribution in [0.25, 0.3) is 0 Å². The van der Waals surface area contributed by atoms with Crippen LogP contribution in [0.2, 0.25) is 0 Å². The van der Waals surface area contributed by atoms with Gasteiger partial charge in [-0.05, 0) is 16.7 Å². The van der Waals surface area contributed by atoms with Crippen molar-refractivity contribution >= 4 is 0 Å². The molecule has 0 fully saturated rings. The van der Waals surface area contributed by atoms with E-state index >= 15 is 0 Å². The summed E-state index contributed by atoms with van der Waals surface area (Å²) in [6.07, 6.45) is 0.797. The number of hydrogen-bond donors (Lipinski definition) is 3. The quantitative estimate of drug-likeness (QED) is 0.410. The van der Waals surface area contributed by atoms with Crippen molar-refractivity contribution in [1.29, 1.82) is 0 Å². The Labute approximate surface area is 171 Å². The highest BCUT2D eigenvalue weighted by Gasteiger charge is 2.39. The molecule has 0 heterocycles. The maximum Gasteiger partial charge on any atom is 0.143 e. The molecule has 3 aromatic rings. The van der Waals surface area contributed by atoms with Crippen molar-refractivity contribution in [3.05, 3.63) is 108 Å². The molecule has 3 aromatic carbocycles. The molecule has 3 atom stereocenters. The molecule has 0 radical (unpaired) electrons. The normalized spacial score (nSPS) is 14.6. The van der Waals surface area contributed by atoms with Gasteiger partial charge in [0, 0.05) is 0 Å². The summed E-state index contributed by atoms with van der Waals surface area (Å²) in [6, 6.07) is 29.1. The average Bonchev–Trinajstić information content (AvgIpc) is 2.80. The van der Waals surface area contributed by atoms with Gasteiger partial charge < -0.3 is 20.1 Å². The van der Waals surface area contributed by atoms with Gasteiger partial charge in [0.15, 0.2) is 0 Å². The van der Waals surface area contributed by atoms with Crippen LogP contribution in [-0.2, 0) is 10.3 Å². The second-order valence-electron chi connectivity index (χ2n) is 6.76. The summed E-state index contributed by atoms with van der Waals surface area (Å²) >= 11 is 0. The van der Waals surface area contributed by atoms with E-state index in [1.165, 1.54) is 0 Å². The molecule has 3 N–H and O–H groups in total. The molecule has 148 valence electrons. The monoisotopic (exact) mass is 388 g/mol. The van der Waals surface area contributed by atoms with Crippen LogP contribution in [0.5, 0.6) is 0 Å². The largest absolute Gasteiger partial charge is 0.388 e. The fourth-order valence-corrected chi connectivity index (χ4v) is 3.39. The fraction of sp³-hybridized carbons (Fsp3) is 0.200. The van der Waals surface area contributed by atoms with E-state index in [0.29, 0.717) is 0 Å². The predicted octanol–water partition coefficient (Wildman–Crippen LogP) is 2.71. The lowest BCUT2D eigenvalue weighted by Crippen LogP contribution is -2.43. The van der Waals surface area contributed by atoms with Crippen LogP contribution in [-0.4, -0.2) is 40.2 Å². The van der Waals surface area contributed by atoms with Gasteiger partial charge in [0.2, 0.25) is 0 Å². The molecule has 0 saturated heterocycles. The third kappa shape index (κ3) is 4.40. The van der Waals surface area contributed by atoms with Crippen LogP contribution in [0.3, 0.4) is 0 Å². The molecule has 3 rings (SSSR count). The summed E-state index contributed by atoms with van der Waals surface area (Å²) in [4.78, 5) is 0. The SMILES string of the molecule is C#C[C@H](O)[C@H](O)[C@H](O)COC(c1ccccc1)(c1ccccc1)c1ccccc1. The van der Waals surface area contributed by atoms with Gasteiger partial charge in [-0.1, -0.05) is 96.9 Å². The maximum absolute atomic E-state index is 10.4. The predicted molar refractivity (Wildman–Crippen MR) is 112 cm³/mol. The second-order valence-corrected chi connectivity index (χ2v) is 6.76. The molecule has 0 unspecified atom stereocenters. The van der Waals surface area contributed by atoms with E-state index in [0.717, 1.165) is 16.7 Å². The number of hydrogen-bond acceptors (Lipinski definition) is 4. The average molecular weight is 388 g/mol. The lowest BCUT2D eigenvalue weighted by Gasteiger charge is -2.37. The molecule has 0 bridgehead atoms. The summed E-state index contributed by atoms with van der Waals surface area (Å²) in [5.41, 5.74) is 1.59. The number of aliphatic hydroxyl groups excluding tert-OH is 3. The lowest BCUT2D eigenvalue weighted by atomic mass is 9.80. The number of rotatable bonds is 8.